The van der Waals surface area contributed by atoms with E-state index < -0.39 is 10.0 Å². The van der Waals surface area contributed by atoms with Crippen molar-refractivity contribution in [1.29, 1.82) is 0 Å². The van der Waals surface area contributed by atoms with Crippen LogP contribution in [-0.4, -0.2) is 15.5 Å². The lowest BCUT2D eigenvalue weighted by atomic mass is 10.1. The summed E-state index contributed by atoms with van der Waals surface area (Å²) in [6.45, 7) is 4.01. The Morgan fingerprint density at radius 2 is 1.90 bits per heavy atom. The van der Waals surface area contributed by atoms with Crippen LogP contribution >= 0.6 is 11.3 Å². The van der Waals surface area contributed by atoms with Gasteiger partial charge in [0.2, 0.25) is 0 Å². The van der Waals surface area contributed by atoms with Gasteiger partial charge in [-0.25, -0.2) is 8.42 Å². The van der Waals surface area contributed by atoms with Crippen molar-refractivity contribution in [3.8, 4) is 0 Å². The average Bonchev–Trinajstić information content (AvgIpc) is 2.96. The Balaban J connectivity index is 2.33. The standard InChI is InChI=1S/C15H20N2O2S2/c1-4-12-9-10-15(20-12)21(18,19)17-14-8-6-5-7-13(14)11(2)16-3/h5-11,16-17H,4H2,1-3H3. The number of benzene rings is 1. The summed E-state index contributed by atoms with van der Waals surface area (Å²) in [7, 11) is -1.68. The molecular formula is C15H20N2O2S2. The summed E-state index contributed by atoms with van der Waals surface area (Å²) in [4.78, 5) is 1.06. The second kappa shape index (κ2) is 6.60. The topological polar surface area (TPSA) is 58.2 Å². The fraction of sp³-hybridized carbons (Fsp3) is 0.333. The van der Waals surface area contributed by atoms with Gasteiger partial charge in [0.25, 0.3) is 10.0 Å². The van der Waals surface area contributed by atoms with Crippen LogP contribution in [0.4, 0.5) is 5.69 Å². The Kier molecular flexibility index (Phi) is 5.03. The minimum atomic E-state index is -3.53. The zero-order valence-corrected chi connectivity index (χ0v) is 14.0. The van der Waals surface area contributed by atoms with Crippen LogP contribution in [0.3, 0.4) is 0 Å². The number of anilines is 1. The van der Waals surface area contributed by atoms with Crippen LogP contribution in [-0.2, 0) is 16.4 Å². The van der Waals surface area contributed by atoms with Gasteiger partial charge in [0.05, 0.1) is 5.69 Å². The van der Waals surface area contributed by atoms with E-state index in [4.69, 9.17) is 0 Å². The van der Waals surface area contributed by atoms with Crippen molar-refractivity contribution in [1.82, 2.24) is 5.32 Å². The molecule has 0 spiro atoms. The Bertz CT molecular complexity index is 708. The number of rotatable bonds is 6. The molecule has 0 bridgehead atoms. The summed E-state index contributed by atoms with van der Waals surface area (Å²) in [5.41, 5.74) is 1.54. The van der Waals surface area contributed by atoms with Gasteiger partial charge in [-0.2, -0.15) is 0 Å². The number of para-hydroxylation sites is 1. The number of hydrogen-bond acceptors (Lipinski definition) is 4. The van der Waals surface area contributed by atoms with Gasteiger partial charge in [-0.3, -0.25) is 4.72 Å². The van der Waals surface area contributed by atoms with E-state index >= 15 is 0 Å². The van der Waals surface area contributed by atoms with Gasteiger partial charge in [-0.15, -0.1) is 11.3 Å². The molecule has 2 aromatic rings. The molecule has 0 fully saturated rings. The maximum atomic E-state index is 12.5. The predicted octanol–water partition coefficient (Wildman–Crippen LogP) is 3.39. The molecule has 1 aromatic carbocycles. The van der Waals surface area contributed by atoms with E-state index in [1.54, 1.807) is 12.1 Å². The number of sulfonamides is 1. The first kappa shape index (κ1) is 16.0. The van der Waals surface area contributed by atoms with Crippen LogP contribution in [0.5, 0.6) is 0 Å². The van der Waals surface area contributed by atoms with Crippen molar-refractivity contribution in [2.75, 3.05) is 11.8 Å². The highest BCUT2D eigenvalue weighted by Crippen LogP contribution is 2.28. The summed E-state index contributed by atoms with van der Waals surface area (Å²) in [5, 5.41) is 3.13. The van der Waals surface area contributed by atoms with Gasteiger partial charge in [0.15, 0.2) is 0 Å². The number of aryl methyl sites for hydroxylation is 1. The van der Waals surface area contributed by atoms with Crippen LogP contribution < -0.4 is 10.0 Å². The minimum Gasteiger partial charge on any atom is -0.313 e. The van der Waals surface area contributed by atoms with E-state index in [-0.39, 0.29) is 6.04 Å². The lowest BCUT2D eigenvalue weighted by Crippen LogP contribution is -2.17. The summed E-state index contributed by atoms with van der Waals surface area (Å²) in [6.07, 6.45) is 0.841. The van der Waals surface area contributed by atoms with E-state index in [0.717, 1.165) is 16.9 Å². The maximum Gasteiger partial charge on any atom is 0.271 e. The number of nitrogens with one attached hydrogen (secondary N) is 2. The van der Waals surface area contributed by atoms with E-state index in [1.807, 2.05) is 45.2 Å². The molecule has 2 rings (SSSR count). The second-order valence-corrected chi connectivity index (χ2v) is 7.85. The third-order valence-corrected chi connectivity index (χ3v) is 6.44. The van der Waals surface area contributed by atoms with E-state index in [2.05, 4.69) is 10.0 Å². The molecule has 0 aliphatic rings. The van der Waals surface area contributed by atoms with Gasteiger partial charge in [-0.1, -0.05) is 25.1 Å². The first-order valence-corrected chi connectivity index (χ1v) is 9.15. The Morgan fingerprint density at radius 1 is 1.19 bits per heavy atom. The van der Waals surface area contributed by atoms with Crippen molar-refractivity contribution in [2.24, 2.45) is 0 Å². The van der Waals surface area contributed by atoms with Gasteiger partial charge in [-0.05, 0) is 44.2 Å². The first-order valence-electron chi connectivity index (χ1n) is 6.85. The highest BCUT2D eigenvalue weighted by atomic mass is 32.2. The van der Waals surface area contributed by atoms with E-state index in [9.17, 15) is 8.42 Å². The summed E-state index contributed by atoms with van der Waals surface area (Å²) >= 11 is 1.31. The Labute approximate surface area is 130 Å². The van der Waals surface area contributed by atoms with Gasteiger partial charge >= 0.3 is 0 Å². The van der Waals surface area contributed by atoms with E-state index in [0.29, 0.717) is 9.90 Å². The zero-order chi connectivity index (χ0) is 15.5. The molecule has 0 amide bonds. The summed E-state index contributed by atoms with van der Waals surface area (Å²) in [5.74, 6) is 0. The number of thiophene rings is 1. The van der Waals surface area contributed by atoms with Crippen LogP contribution in [0, 0.1) is 0 Å². The van der Waals surface area contributed by atoms with Crippen molar-refractivity contribution < 1.29 is 8.42 Å². The predicted molar refractivity (Wildman–Crippen MR) is 88.4 cm³/mol. The lowest BCUT2D eigenvalue weighted by Gasteiger charge is -2.16. The highest BCUT2D eigenvalue weighted by molar-refractivity contribution is 7.94. The number of hydrogen-bond donors (Lipinski definition) is 2. The normalized spacial score (nSPS) is 13.1. The largest absolute Gasteiger partial charge is 0.313 e. The molecule has 2 N–H and O–H groups in total. The molecule has 0 aliphatic heterocycles. The van der Waals surface area contributed by atoms with Gasteiger partial charge in [0.1, 0.15) is 4.21 Å². The quantitative estimate of drug-likeness (QED) is 0.856. The molecule has 1 unspecified atom stereocenters. The molecule has 1 heterocycles. The smallest absolute Gasteiger partial charge is 0.271 e. The third kappa shape index (κ3) is 3.64. The van der Waals surface area contributed by atoms with Crippen molar-refractivity contribution in [3.05, 3.63) is 46.8 Å². The first-order chi connectivity index (χ1) is 9.97. The molecule has 0 saturated carbocycles. The lowest BCUT2D eigenvalue weighted by molar-refractivity contribution is 0.602. The van der Waals surface area contributed by atoms with Crippen molar-refractivity contribution in [2.45, 2.75) is 30.5 Å². The van der Waals surface area contributed by atoms with Crippen LogP contribution in [0.15, 0.2) is 40.6 Å². The molecule has 0 saturated heterocycles. The molecular weight excluding hydrogens is 304 g/mol. The molecule has 4 nitrogen and oxygen atoms in total. The summed E-state index contributed by atoms with van der Waals surface area (Å²) < 4.78 is 28.0. The van der Waals surface area contributed by atoms with E-state index in [1.165, 1.54) is 11.3 Å². The fourth-order valence-corrected chi connectivity index (χ4v) is 4.39. The fourth-order valence-electron chi connectivity index (χ4n) is 2.01. The third-order valence-electron chi connectivity index (χ3n) is 3.35. The van der Waals surface area contributed by atoms with Crippen LogP contribution in [0.25, 0.3) is 0 Å². The summed E-state index contributed by atoms with van der Waals surface area (Å²) in [6, 6.07) is 11.0. The van der Waals surface area contributed by atoms with Crippen LogP contribution in [0.1, 0.15) is 30.3 Å². The molecule has 0 radical (unpaired) electrons. The molecule has 6 heteroatoms. The Morgan fingerprint density at radius 3 is 2.52 bits per heavy atom. The van der Waals surface area contributed by atoms with Gasteiger partial charge < -0.3 is 5.32 Å². The molecule has 21 heavy (non-hydrogen) atoms. The maximum absolute atomic E-state index is 12.5. The average molecular weight is 324 g/mol. The molecule has 1 aromatic heterocycles. The zero-order valence-electron chi connectivity index (χ0n) is 12.4. The van der Waals surface area contributed by atoms with Crippen LogP contribution in [0.2, 0.25) is 0 Å². The monoisotopic (exact) mass is 324 g/mol. The molecule has 1 atom stereocenters. The Hall–Kier alpha value is -1.37. The SMILES string of the molecule is CCc1ccc(S(=O)(=O)Nc2ccccc2C(C)NC)s1. The van der Waals surface area contributed by atoms with Gasteiger partial charge in [0, 0.05) is 10.9 Å². The van der Waals surface area contributed by atoms with Crippen molar-refractivity contribution >= 4 is 27.0 Å². The second-order valence-electron chi connectivity index (χ2n) is 4.78. The highest BCUT2D eigenvalue weighted by Gasteiger charge is 2.19. The molecule has 0 aliphatic carbocycles. The molecule has 114 valence electrons. The van der Waals surface area contributed by atoms with Crippen molar-refractivity contribution in [3.63, 3.8) is 0 Å². The minimum absolute atomic E-state index is 0.0680.